The van der Waals surface area contributed by atoms with Crippen LogP contribution < -0.4 is 5.73 Å². The first kappa shape index (κ1) is 13.0. The molecule has 94 valence electrons. The van der Waals surface area contributed by atoms with E-state index in [9.17, 15) is 4.57 Å². The van der Waals surface area contributed by atoms with Crippen molar-refractivity contribution in [2.45, 2.75) is 5.78 Å². The van der Waals surface area contributed by atoms with Crippen LogP contribution in [-0.2, 0) is 4.57 Å². The lowest BCUT2D eigenvalue weighted by Gasteiger charge is -2.14. The molecule has 1 atom stereocenters. The van der Waals surface area contributed by atoms with Gasteiger partial charge in [0.05, 0.1) is 0 Å². The monoisotopic (exact) mass is 263 g/mol. The van der Waals surface area contributed by atoms with Gasteiger partial charge in [0.2, 0.25) is 0 Å². The summed E-state index contributed by atoms with van der Waals surface area (Å²) in [5.41, 5.74) is 7.96. The highest BCUT2D eigenvalue weighted by atomic mass is 31.2. The van der Waals surface area contributed by atoms with Crippen molar-refractivity contribution in [2.75, 3.05) is 0 Å². The third kappa shape index (κ3) is 2.86. The molecular formula is C13H14NO3P. The molecule has 0 aliphatic rings. The molecule has 0 saturated carbocycles. The van der Waals surface area contributed by atoms with Gasteiger partial charge in [0.15, 0.2) is 0 Å². The van der Waals surface area contributed by atoms with Crippen LogP contribution in [0.2, 0.25) is 0 Å². The second kappa shape index (κ2) is 5.04. The molecule has 0 aliphatic carbocycles. The number of nitrogens with two attached hydrogens (primary N) is 1. The maximum Gasteiger partial charge on any atom is 0.346 e. The standard InChI is InChI=1S/C13H14NO3P/c14-13(18(15,16)17)12-8-6-11(7-9-12)10-4-2-1-3-5-10/h1-9,13H,14H2,(H2,15,16,17). The molecule has 0 spiro atoms. The van der Waals surface area contributed by atoms with Gasteiger partial charge >= 0.3 is 7.60 Å². The van der Waals surface area contributed by atoms with Gasteiger partial charge in [-0.15, -0.1) is 0 Å². The van der Waals surface area contributed by atoms with E-state index in [2.05, 4.69) is 0 Å². The van der Waals surface area contributed by atoms with E-state index in [0.717, 1.165) is 11.1 Å². The number of benzene rings is 2. The summed E-state index contributed by atoms with van der Waals surface area (Å²) in [6.45, 7) is 0. The molecule has 18 heavy (non-hydrogen) atoms. The van der Waals surface area contributed by atoms with Crippen LogP contribution in [0.4, 0.5) is 0 Å². The SMILES string of the molecule is NC(c1ccc(-c2ccccc2)cc1)P(=O)(O)O. The molecule has 0 aliphatic heterocycles. The molecule has 2 aromatic carbocycles. The molecule has 1 unspecified atom stereocenters. The van der Waals surface area contributed by atoms with Crippen LogP contribution in [0, 0.1) is 0 Å². The fraction of sp³-hybridized carbons (Fsp3) is 0.0769. The third-order valence-corrected chi connectivity index (χ3v) is 3.74. The van der Waals surface area contributed by atoms with Gasteiger partial charge in [-0.05, 0) is 16.7 Å². The molecule has 2 aromatic rings. The molecule has 0 aromatic heterocycles. The van der Waals surface area contributed by atoms with E-state index >= 15 is 0 Å². The van der Waals surface area contributed by atoms with E-state index in [0.29, 0.717) is 5.56 Å². The first-order chi connectivity index (χ1) is 8.48. The van der Waals surface area contributed by atoms with Gasteiger partial charge in [0.1, 0.15) is 5.78 Å². The zero-order valence-electron chi connectivity index (χ0n) is 9.60. The molecular weight excluding hydrogens is 249 g/mol. The van der Waals surface area contributed by atoms with Crippen molar-refractivity contribution in [3.63, 3.8) is 0 Å². The van der Waals surface area contributed by atoms with Crippen LogP contribution in [-0.4, -0.2) is 9.79 Å². The Morgan fingerprint density at radius 1 is 0.889 bits per heavy atom. The molecule has 0 amide bonds. The van der Waals surface area contributed by atoms with E-state index in [-0.39, 0.29) is 0 Å². The topological polar surface area (TPSA) is 83.6 Å². The molecule has 0 fully saturated rings. The van der Waals surface area contributed by atoms with Crippen molar-refractivity contribution in [2.24, 2.45) is 5.73 Å². The lowest BCUT2D eigenvalue weighted by atomic mass is 10.0. The van der Waals surface area contributed by atoms with E-state index < -0.39 is 13.4 Å². The largest absolute Gasteiger partial charge is 0.346 e. The maximum absolute atomic E-state index is 11.1. The van der Waals surface area contributed by atoms with Gasteiger partial charge in [0.25, 0.3) is 0 Å². The summed E-state index contributed by atoms with van der Waals surface area (Å²) < 4.78 is 11.1. The van der Waals surface area contributed by atoms with Gasteiger partial charge in [-0.1, -0.05) is 54.6 Å². The molecule has 4 nitrogen and oxygen atoms in total. The molecule has 0 heterocycles. The van der Waals surface area contributed by atoms with E-state index in [4.69, 9.17) is 15.5 Å². The second-order valence-electron chi connectivity index (χ2n) is 4.02. The molecule has 2 rings (SSSR count). The zero-order valence-corrected chi connectivity index (χ0v) is 10.5. The quantitative estimate of drug-likeness (QED) is 0.743. The molecule has 0 bridgehead atoms. The van der Waals surface area contributed by atoms with Crippen molar-refractivity contribution < 1.29 is 14.4 Å². The Balaban J connectivity index is 2.29. The zero-order chi connectivity index (χ0) is 13.2. The average molecular weight is 263 g/mol. The van der Waals surface area contributed by atoms with Crippen LogP contribution in [0.15, 0.2) is 54.6 Å². The molecule has 0 saturated heterocycles. The van der Waals surface area contributed by atoms with Crippen molar-refractivity contribution in [1.29, 1.82) is 0 Å². The normalized spacial score (nSPS) is 13.3. The number of hydrogen-bond donors (Lipinski definition) is 3. The molecule has 5 heteroatoms. The fourth-order valence-electron chi connectivity index (χ4n) is 1.70. The minimum atomic E-state index is -4.29. The Morgan fingerprint density at radius 3 is 1.89 bits per heavy atom. The van der Waals surface area contributed by atoms with Gasteiger partial charge in [-0.25, -0.2) is 0 Å². The number of hydrogen-bond acceptors (Lipinski definition) is 2. The summed E-state index contributed by atoms with van der Waals surface area (Å²) in [6.07, 6.45) is 0. The van der Waals surface area contributed by atoms with E-state index in [1.54, 1.807) is 24.3 Å². The first-order valence-corrected chi connectivity index (χ1v) is 7.13. The van der Waals surface area contributed by atoms with Crippen LogP contribution in [0.1, 0.15) is 11.3 Å². The highest BCUT2D eigenvalue weighted by molar-refractivity contribution is 7.52. The van der Waals surface area contributed by atoms with Crippen LogP contribution in [0.25, 0.3) is 11.1 Å². The van der Waals surface area contributed by atoms with Gasteiger partial charge < -0.3 is 15.5 Å². The average Bonchev–Trinajstić information content (AvgIpc) is 2.38. The summed E-state index contributed by atoms with van der Waals surface area (Å²) in [5, 5.41) is 0. The summed E-state index contributed by atoms with van der Waals surface area (Å²) in [5.74, 6) is -1.26. The Labute approximate surface area is 105 Å². The van der Waals surface area contributed by atoms with Gasteiger partial charge in [0, 0.05) is 0 Å². The first-order valence-electron chi connectivity index (χ1n) is 5.44. The number of rotatable bonds is 3. The predicted octanol–water partition coefficient (Wildman–Crippen LogP) is 2.49. The van der Waals surface area contributed by atoms with Crippen LogP contribution in [0.5, 0.6) is 0 Å². The van der Waals surface area contributed by atoms with Crippen LogP contribution in [0.3, 0.4) is 0 Å². The molecule has 0 radical (unpaired) electrons. The van der Waals surface area contributed by atoms with Crippen molar-refractivity contribution in [1.82, 2.24) is 0 Å². The summed E-state index contributed by atoms with van der Waals surface area (Å²) in [6, 6.07) is 16.6. The van der Waals surface area contributed by atoms with E-state index in [1.807, 2.05) is 30.3 Å². The Bertz CT molecular complexity index is 563. The Hall–Kier alpha value is -1.45. The van der Waals surface area contributed by atoms with Crippen molar-refractivity contribution in [3.05, 3.63) is 60.2 Å². The Morgan fingerprint density at radius 2 is 1.39 bits per heavy atom. The van der Waals surface area contributed by atoms with Crippen molar-refractivity contribution >= 4 is 7.60 Å². The van der Waals surface area contributed by atoms with Crippen molar-refractivity contribution in [3.8, 4) is 11.1 Å². The van der Waals surface area contributed by atoms with E-state index in [1.165, 1.54) is 0 Å². The minimum absolute atomic E-state index is 0.433. The summed E-state index contributed by atoms with van der Waals surface area (Å²) >= 11 is 0. The van der Waals surface area contributed by atoms with Crippen LogP contribution >= 0.6 is 7.60 Å². The lowest BCUT2D eigenvalue weighted by molar-refractivity contribution is 0.359. The Kier molecular flexibility index (Phi) is 3.64. The summed E-state index contributed by atoms with van der Waals surface area (Å²) in [7, 11) is -4.29. The highest BCUT2D eigenvalue weighted by Crippen LogP contribution is 2.48. The highest BCUT2D eigenvalue weighted by Gasteiger charge is 2.25. The van der Waals surface area contributed by atoms with Gasteiger partial charge in [-0.2, -0.15) is 0 Å². The smallest absolute Gasteiger partial charge is 0.323 e. The minimum Gasteiger partial charge on any atom is -0.323 e. The van der Waals surface area contributed by atoms with Gasteiger partial charge in [-0.3, -0.25) is 4.57 Å². The predicted molar refractivity (Wildman–Crippen MR) is 70.9 cm³/mol. The third-order valence-electron chi connectivity index (χ3n) is 2.72. The fourth-order valence-corrected chi connectivity index (χ4v) is 2.26. The second-order valence-corrected chi connectivity index (χ2v) is 5.76. The maximum atomic E-state index is 11.1. The molecule has 4 N–H and O–H groups in total. The lowest BCUT2D eigenvalue weighted by Crippen LogP contribution is -2.10. The summed E-state index contributed by atoms with van der Waals surface area (Å²) in [4.78, 5) is 18.0.